The lowest BCUT2D eigenvalue weighted by molar-refractivity contribution is 0.0788. The minimum Gasteiger partial charge on any atom is -0.339 e. The van der Waals surface area contributed by atoms with Gasteiger partial charge < -0.3 is 10.2 Å². The predicted octanol–water partition coefficient (Wildman–Crippen LogP) is 1.43. The summed E-state index contributed by atoms with van der Waals surface area (Å²) >= 11 is 0. The fourth-order valence-electron chi connectivity index (χ4n) is 3.45. The Morgan fingerprint density at radius 3 is 2.48 bits per heavy atom. The summed E-state index contributed by atoms with van der Waals surface area (Å²) in [4.78, 5) is 13.8. The van der Waals surface area contributed by atoms with Crippen LogP contribution in [0.3, 0.4) is 0 Å². The molecule has 2 aliphatic heterocycles. The van der Waals surface area contributed by atoms with Crippen molar-refractivity contribution in [3.8, 4) is 0 Å². The van der Waals surface area contributed by atoms with E-state index in [1.54, 1.807) is 4.90 Å². The van der Waals surface area contributed by atoms with Crippen LogP contribution in [0.4, 0.5) is 4.39 Å². The van der Waals surface area contributed by atoms with Crippen LogP contribution in [-0.4, -0.2) is 62.8 Å². The first-order valence-electron chi connectivity index (χ1n) is 8.69. The highest BCUT2D eigenvalue weighted by molar-refractivity contribution is 7.89. The van der Waals surface area contributed by atoms with Crippen LogP contribution in [0, 0.1) is 5.82 Å². The Morgan fingerprint density at radius 1 is 1.24 bits per heavy atom. The van der Waals surface area contributed by atoms with Crippen molar-refractivity contribution < 1.29 is 17.6 Å². The number of hydrogen-bond acceptors (Lipinski definition) is 4. The minimum atomic E-state index is -3.78. The number of carbonyl (C=O) groups is 1. The zero-order valence-electron chi connectivity index (χ0n) is 14.4. The molecule has 0 unspecified atom stereocenters. The summed E-state index contributed by atoms with van der Waals surface area (Å²) in [6.45, 7) is 2.78. The molecule has 0 spiro atoms. The molecule has 1 amide bonds. The van der Waals surface area contributed by atoms with Crippen molar-refractivity contribution in [2.24, 2.45) is 0 Å². The number of nitrogens with zero attached hydrogens (tertiary/aromatic N) is 2. The van der Waals surface area contributed by atoms with Crippen molar-refractivity contribution >= 4 is 15.9 Å². The standard InChI is InChI=1S/C17H24FN3O3S/c1-20(13-6-8-19-9-7-13)25(23,24)14-4-5-15(16(18)12-14)17(22)21-10-2-3-11-21/h4-5,12-13,19H,2-3,6-11H2,1H3. The van der Waals surface area contributed by atoms with E-state index >= 15 is 0 Å². The van der Waals surface area contributed by atoms with Crippen molar-refractivity contribution in [2.75, 3.05) is 33.2 Å². The summed E-state index contributed by atoms with van der Waals surface area (Å²) in [5.41, 5.74) is -0.0645. The quantitative estimate of drug-likeness (QED) is 0.872. The summed E-state index contributed by atoms with van der Waals surface area (Å²) in [7, 11) is -2.25. The van der Waals surface area contributed by atoms with E-state index in [2.05, 4.69) is 5.32 Å². The van der Waals surface area contributed by atoms with Crippen LogP contribution >= 0.6 is 0 Å². The lowest BCUT2D eigenvalue weighted by Gasteiger charge is -2.30. The molecular weight excluding hydrogens is 345 g/mol. The van der Waals surface area contributed by atoms with Gasteiger partial charge >= 0.3 is 0 Å². The summed E-state index contributed by atoms with van der Waals surface area (Å²) in [6.07, 6.45) is 3.29. The van der Waals surface area contributed by atoms with Crippen LogP contribution in [-0.2, 0) is 10.0 Å². The first-order valence-corrected chi connectivity index (χ1v) is 10.1. The maximum Gasteiger partial charge on any atom is 0.256 e. The monoisotopic (exact) mass is 369 g/mol. The third-order valence-electron chi connectivity index (χ3n) is 5.06. The Kier molecular flexibility index (Phi) is 5.41. The third kappa shape index (κ3) is 3.70. The van der Waals surface area contributed by atoms with Gasteiger partial charge in [0, 0.05) is 26.2 Å². The molecule has 0 atom stereocenters. The molecule has 2 aliphatic rings. The van der Waals surface area contributed by atoms with Gasteiger partial charge in [-0.1, -0.05) is 0 Å². The van der Waals surface area contributed by atoms with Crippen LogP contribution < -0.4 is 5.32 Å². The maximum absolute atomic E-state index is 14.4. The van der Waals surface area contributed by atoms with Crippen LogP contribution in [0.1, 0.15) is 36.0 Å². The summed E-state index contributed by atoms with van der Waals surface area (Å²) < 4.78 is 41.3. The predicted molar refractivity (Wildman–Crippen MR) is 92.4 cm³/mol. The van der Waals surface area contributed by atoms with Gasteiger partial charge in [0.25, 0.3) is 5.91 Å². The number of likely N-dealkylation sites (tertiary alicyclic amines) is 1. The summed E-state index contributed by atoms with van der Waals surface area (Å²) in [5, 5.41) is 3.19. The third-order valence-corrected chi connectivity index (χ3v) is 6.97. The lowest BCUT2D eigenvalue weighted by atomic mass is 10.1. The van der Waals surface area contributed by atoms with Gasteiger partial charge in [0.2, 0.25) is 10.0 Å². The smallest absolute Gasteiger partial charge is 0.256 e. The number of hydrogen-bond donors (Lipinski definition) is 1. The van der Waals surface area contributed by atoms with Gasteiger partial charge in [-0.3, -0.25) is 4.79 Å². The van der Waals surface area contributed by atoms with E-state index in [0.717, 1.165) is 44.8 Å². The molecule has 8 heteroatoms. The molecule has 3 rings (SSSR count). The molecule has 1 aromatic rings. The van der Waals surface area contributed by atoms with E-state index < -0.39 is 15.8 Å². The molecule has 0 saturated carbocycles. The fraction of sp³-hybridized carbons (Fsp3) is 0.588. The molecule has 0 aliphatic carbocycles. The van der Waals surface area contributed by atoms with Gasteiger partial charge in [0.15, 0.2) is 0 Å². The van der Waals surface area contributed by atoms with Gasteiger partial charge in [-0.2, -0.15) is 4.31 Å². The molecule has 1 N–H and O–H groups in total. The molecule has 2 saturated heterocycles. The van der Waals surface area contributed by atoms with Gasteiger partial charge in [0.1, 0.15) is 5.82 Å². The Hall–Kier alpha value is -1.51. The summed E-state index contributed by atoms with van der Waals surface area (Å²) in [6, 6.07) is 3.49. The zero-order chi connectivity index (χ0) is 18.0. The Balaban J connectivity index is 1.82. The van der Waals surface area contributed by atoms with Crippen molar-refractivity contribution in [3.05, 3.63) is 29.6 Å². The van der Waals surface area contributed by atoms with E-state index in [-0.39, 0.29) is 22.4 Å². The van der Waals surface area contributed by atoms with E-state index in [1.165, 1.54) is 23.5 Å². The first-order chi connectivity index (χ1) is 11.9. The van der Waals surface area contributed by atoms with Crippen molar-refractivity contribution in [3.63, 3.8) is 0 Å². The molecule has 2 heterocycles. The van der Waals surface area contributed by atoms with Crippen LogP contribution in [0.2, 0.25) is 0 Å². The number of benzene rings is 1. The Labute approximate surface area is 148 Å². The fourth-order valence-corrected chi connectivity index (χ4v) is 4.88. The van der Waals surface area contributed by atoms with Crippen molar-refractivity contribution in [1.82, 2.24) is 14.5 Å². The first kappa shape index (κ1) is 18.3. The maximum atomic E-state index is 14.4. The van der Waals surface area contributed by atoms with Crippen LogP contribution in [0.25, 0.3) is 0 Å². The number of nitrogens with one attached hydrogen (secondary N) is 1. The number of piperidine rings is 1. The zero-order valence-corrected chi connectivity index (χ0v) is 15.2. The van der Waals surface area contributed by atoms with Gasteiger partial charge in [0.05, 0.1) is 10.5 Å². The highest BCUT2D eigenvalue weighted by Crippen LogP contribution is 2.24. The highest BCUT2D eigenvalue weighted by Gasteiger charge is 2.30. The Bertz CT molecular complexity index is 742. The number of carbonyl (C=O) groups excluding carboxylic acids is 1. The largest absolute Gasteiger partial charge is 0.339 e. The number of sulfonamides is 1. The molecule has 0 radical (unpaired) electrons. The van der Waals surface area contributed by atoms with Crippen molar-refractivity contribution in [2.45, 2.75) is 36.6 Å². The van der Waals surface area contributed by atoms with E-state index in [4.69, 9.17) is 0 Å². The molecule has 0 bridgehead atoms. The second-order valence-corrected chi connectivity index (χ2v) is 8.64. The average molecular weight is 369 g/mol. The minimum absolute atomic E-state index is 0.0645. The number of rotatable bonds is 4. The van der Waals surface area contributed by atoms with Crippen LogP contribution in [0.5, 0.6) is 0 Å². The van der Waals surface area contributed by atoms with Gasteiger partial charge in [-0.05, 0) is 57.0 Å². The highest BCUT2D eigenvalue weighted by atomic mass is 32.2. The second-order valence-electron chi connectivity index (χ2n) is 6.64. The average Bonchev–Trinajstić information content (AvgIpc) is 3.15. The van der Waals surface area contributed by atoms with Gasteiger partial charge in [-0.25, -0.2) is 12.8 Å². The lowest BCUT2D eigenvalue weighted by Crippen LogP contribution is -2.43. The second kappa shape index (κ2) is 7.39. The Morgan fingerprint density at radius 2 is 1.88 bits per heavy atom. The SMILES string of the molecule is CN(C1CCNCC1)S(=O)(=O)c1ccc(C(=O)N2CCCC2)c(F)c1. The topological polar surface area (TPSA) is 69.7 Å². The molecular formula is C17H24FN3O3S. The number of amides is 1. The summed E-state index contributed by atoms with van der Waals surface area (Å²) in [5.74, 6) is -1.15. The van der Waals surface area contributed by atoms with E-state index in [0.29, 0.717) is 13.1 Å². The normalized spacial score (nSPS) is 19.6. The van der Waals surface area contributed by atoms with Crippen LogP contribution in [0.15, 0.2) is 23.1 Å². The molecule has 138 valence electrons. The van der Waals surface area contributed by atoms with Gasteiger partial charge in [-0.15, -0.1) is 0 Å². The molecule has 0 aromatic heterocycles. The van der Waals surface area contributed by atoms with Crippen molar-refractivity contribution in [1.29, 1.82) is 0 Å². The number of halogens is 1. The molecule has 1 aromatic carbocycles. The molecule has 2 fully saturated rings. The van der Waals surface area contributed by atoms with E-state index in [9.17, 15) is 17.6 Å². The van der Waals surface area contributed by atoms with E-state index in [1.807, 2.05) is 0 Å². The molecule has 6 nitrogen and oxygen atoms in total. The molecule has 25 heavy (non-hydrogen) atoms.